The van der Waals surface area contributed by atoms with E-state index in [9.17, 15) is 0 Å². The maximum Gasteiger partial charge on any atom is 0.191 e. The monoisotopic (exact) mass is 408 g/mol. The van der Waals surface area contributed by atoms with Crippen LogP contribution in [0.5, 0.6) is 0 Å². The van der Waals surface area contributed by atoms with Gasteiger partial charge >= 0.3 is 0 Å². The topological polar surface area (TPSA) is 92.0 Å². The number of guanidine groups is 1. The molecule has 0 spiro atoms. The van der Waals surface area contributed by atoms with Crippen LogP contribution in [0.4, 0.5) is 5.82 Å². The number of anilines is 1. The second-order valence-electron chi connectivity index (χ2n) is 7.25. The van der Waals surface area contributed by atoms with Gasteiger partial charge < -0.3 is 20.3 Å². The van der Waals surface area contributed by atoms with E-state index in [0.717, 1.165) is 55.1 Å². The zero-order valence-electron chi connectivity index (χ0n) is 17.5. The number of nitrogens with zero attached hydrogens (tertiary/aromatic N) is 6. The average Bonchev–Trinajstić information content (AvgIpc) is 3.19. The molecule has 1 aliphatic heterocycles. The number of hydrogen-bond donors (Lipinski definition) is 2. The number of ether oxygens (including phenoxy) is 1. The Hall–Kier alpha value is -3.20. The zero-order valence-corrected chi connectivity index (χ0v) is 17.5. The fraction of sp³-hybridized carbons (Fsp3) is 0.429. The lowest BCUT2D eigenvalue weighted by molar-refractivity contribution is 0.0529. The Labute approximate surface area is 176 Å². The molecule has 2 N–H and O–H groups in total. The van der Waals surface area contributed by atoms with Crippen molar-refractivity contribution in [1.29, 1.82) is 0 Å². The summed E-state index contributed by atoms with van der Waals surface area (Å²) in [6.07, 6.45) is 4.09. The van der Waals surface area contributed by atoms with Crippen LogP contribution in [0.3, 0.4) is 0 Å². The van der Waals surface area contributed by atoms with Crippen molar-refractivity contribution in [2.75, 3.05) is 31.1 Å². The third-order valence-corrected chi connectivity index (χ3v) is 4.94. The van der Waals surface area contributed by atoms with Crippen LogP contribution in [0.2, 0.25) is 0 Å². The van der Waals surface area contributed by atoms with Crippen LogP contribution in [0.25, 0.3) is 5.65 Å². The molecule has 0 bridgehead atoms. The summed E-state index contributed by atoms with van der Waals surface area (Å²) in [7, 11) is 0. The van der Waals surface area contributed by atoms with E-state index in [4.69, 9.17) is 4.74 Å². The van der Waals surface area contributed by atoms with E-state index in [1.54, 1.807) is 0 Å². The molecule has 1 aliphatic rings. The standard InChI is InChI=1S/C21H28N8O/c1-3-22-21(25-14-20-27-26-19-6-4-5-9-29(19)20)24-13-17-7-8-18(23-12-17)28-10-11-30-16(2)15-28/h4-9,12,16H,3,10-11,13-15H2,1-2H3,(H2,22,24,25). The number of aliphatic imine (C=N–C) groups is 1. The normalized spacial score (nSPS) is 17.3. The summed E-state index contributed by atoms with van der Waals surface area (Å²) in [4.78, 5) is 11.6. The quantitative estimate of drug-likeness (QED) is 0.473. The number of hydrogen-bond acceptors (Lipinski definition) is 6. The molecule has 3 aromatic rings. The van der Waals surface area contributed by atoms with Gasteiger partial charge in [0.2, 0.25) is 0 Å². The minimum absolute atomic E-state index is 0.237. The van der Waals surface area contributed by atoms with Crippen LogP contribution in [0, 0.1) is 0 Å². The van der Waals surface area contributed by atoms with Gasteiger partial charge in [0.05, 0.1) is 25.8 Å². The van der Waals surface area contributed by atoms with Crippen molar-refractivity contribution < 1.29 is 4.74 Å². The number of nitrogens with one attached hydrogen (secondary N) is 2. The van der Waals surface area contributed by atoms with Crippen LogP contribution in [0.15, 0.2) is 47.7 Å². The summed E-state index contributed by atoms with van der Waals surface area (Å²) in [6.45, 7) is 8.48. The van der Waals surface area contributed by atoms with Crippen molar-refractivity contribution in [2.24, 2.45) is 4.99 Å². The maximum absolute atomic E-state index is 5.60. The van der Waals surface area contributed by atoms with Crippen LogP contribution >= 0.6 is 0 Å². The third kappa shape index (κ3) is 4.85. The largest absolute Gasteiger partial charge is 0.375 e. The third-order valence-electron chi connectivity index (χ3n) is 4.94. The molecule has 1 fully saturated rings. The van der Waals surface area contributed by atoms with Gasteiger partial charge in [0.15, 0.2) is 17.4 Å². The van der Waals surface area contributed by atoms with Crippen molar-refractivity contribution in [3.63, 3.8) is 0 Å². The summed E-state index contributed by atoms with van der Waals surface area (Å²) in [6, 6.07) is 10.00. The van der Waals surface area contributed by atoms with Gasteiger partial charge in [-0.3, -0.25) is 4.40 Å². The maximum atomic E-state index is 5.60. The van der Waals surface area contributed by atoms with E-state index < -0.39 is 0 Å². The molecular formula is C21H28N8O. The molecule has 158 valence electrons. The molecule has 4 heterocycles. The Kier molecular flexibility index (Phi) is 6.38. The van der Waals surface area contributed by atoms with Crippen LogP contribution in [-0.2, 0) is 17.8 Å². The van der Waals surface area contributed by atoms with Gasteiger partial charge in [0, 0.05) is 32.0 Å². The van der Waals surface area contributed by atoms with Gasteiger partial charge in [-0.1, -0.05) is 12.1 Å². The van der Waals surface area contributed by atoms with Gasteiger partial charge in [0.25, 0.3) is 0 Å². The number of pyridine rings is 2. The highest BCUT2D eigenvalue weighted by Crippen LogP contribution is 2.15. The molecule has 3 aromatic heterocycles. The SMILES string of the molecule is CCNC(=NCc1ccc(N2CCOC(C)C2)nc1)NCc1nnc2ccccn12. The van der Waals surface area contributed by atoms with Crippen LogP contribution in [0.1, 0.15) is 25.2 Å². The predicted octanol–water partition coefficient (Wildman–Crippen LogP) is 1.60. The predicted molar refractivity (Wildman–Crippen MR) is 117 cm³/mol. The van der Waals surface area contributed by atoms with Gasteiger partial charge in [-0.15, -0.1) is 10.2 Å². The molecule has 0 aliphatic carbocycles. The average molecular weight is 409 g/mol. The summed E-state index contributed by atoms with van der Waals surface area (Å²) in [5, 5.41) is 15.0. The highest BCUT2D eigenvalue weighted by molar-refractivity contribution is 5.79. The number of rotatable bonds is 6. The summed E-state index contributed by atoms with van der Waals surface area (Å²) in [5.74, 6) is 2.56. The van der Waals surface area contributed by atoms with Gasteiger partial charge in [-0.05, 0) is 37.6 Å². The first-order valence-corrected chi connectivity index (χ1v) is 10.3. The Morgan fingerprint density at radius 2 is 2.17 bits per heavy atom. The second kappa shape index (κ2) is 9.53. The Bertz CT molecular complexity index is 984. The van der Waals surface area contributed by atoms with Crippen molar-refractivity contribution in [2.45, 2.75) is 33.0 Å². The van der Waals surface area contributed by atoms with Crippen LogP contribution < -0.4 is 15.5 Å². The van der Waals surface area contributed by atoms with Crippen LogP contribution in [-0.4, -0.2) is 57.9 Å². The van der Waals surface area contributed by atoms with Gasteiger partial charge in [0.1, 0.15) is 5.82 Å². The first-order chi connectivity index (χ1) is 14.7. The summed E-state index contributed by atoms with van der Waals surface area (Å²) >= 11 is 0. The minimum atomic E-state index is 0.237. The first kappa shape index (κ1) is 20.1. The zero-order chi connectivity index (χ0) is 20.8. The molecule has 0 amide bonds. The van der Waals surface area contributed by atoms with E-state index in [0.29, 0.717) is 13.1 Å². The molecule has 9 nitrogen and oxygen atoms in total. The molecule has 0 aromatic carbocycles. The Balaban J connectivity index is 1.37. The van der Waals surface area contributed by atoms with E-state index in [2.05, 4.69) is 54.8 Å². The highest BCUT2D eigenvalue weighted by atomic mass is 16.5. The molecule has 1 unspecified atom stereocenters. The van der Waals surface area contributed by atoms with Crippen molar-refractivity contribution in [1.82, 2.24) is 30.2 Å². The smallest absolute Gasteiger partial charge is 0.191 e. The van der Waals surface area contributed by atoms with E-state index >= 15 is 0 Å². The lowest BCUT2D eigenvalue weighted by Crippen LogP contribution is -2.41. The molecule has 9 heteroatoms. The summed E-state index contributed by atoms with van der Waals surface area (Å²) < 4.78 is 7.57. The molecule has 4 rings (SSSR count). The number of fused-ring (bicyclic) bond motifs is 1. The number of morpholine rings is 1. The van der Waals surface area contributed by atoms with E-state index in [1.165, 1.54) is 0 Å². The van der Waals surface area contributed by atoms with E-state index in [-0.39, 0.29) is 6.10 Å². The van der Waals surface area contributed by atoms with Crippen molar-refractivity contribution in [3.05, 3.63) is 54.1 Å². The van der Waals surface area contributed by atoms with Gasteiger partial charge in [-0.2, -0.15) is 0 Å². The van der Waals surface area contributed by atoms with Gasteiger partial charge in [-0.25, -0.2) is 9.98 Å². The molecule has 0 radical (unpaired) electrons. The Morgan fingerprint density at radius 1 is 1.23 bits per heavy atom. The minimum Gasteiger partial charge on any atom is -0.375 e. The molecule has 0 saturated carbocycles. The second-order valence-corrected chi connectivity index (χ2v) is 7.25. The fourth-order valence-corrected chi connectivity index (χ4v) is 3.41. The van der Waals surface area contributed by atoms with Crippen molar-refractivity contribution >= 4 is 17.4 Å². The Morgan fingerprint density at radius 3 is 2.97 bits per heavy atom. The molecule has 30 heavy (non-hydrogen) atoms. The first-order valence-electron chi connectivity index (χ1n) is 10.3. The summed E-state index contributed by atoms with van der Waals surface area (Å²) in [5.41, 5.74) is 1.89. The molecule has 1 saturated heterocycles. The fourth-order valence-electron chi connectivity index (χ4n) is 3.41. The van der Waals surface area contributed by atoms with Crippen molar-refractivity contribution in [3.8, 4) is 0 Å². The molecule has 1 atom stereocenters. The molecular weight excluding hydrogens is 380 g/mol. The highest BCUT2D eigenvalue weighted by Gasteiger charge is 2.17. The lowest BCUT2D eigenvalue weighted by Gasteiger charge is -2.32. The van der Waals surface area contributed by atoms with E-state index in [1.807, 2.05) is 41.9 Å². The number of aromatic nitrogens is 4. The lowest BCUT2D eigenvalue weighted by atomic mass is 10.2.